The van der Waals surface area contributed by atoms with Crippen LogP contribution in [0.1, 0.15) is 38.7 Å². The molecule has 0 aromatic heterocycles. The monoisotopic (exact) mass is 335 g/mol. The Kier molecular flexibility index (Phi) is 7.37. The van der Waals surface area contributed by atoms with Crippen molar-refractivity contribution >= 4 is 6.09 Å². The van der Waals surface area contributed by atoms with Gasteiger partial charge in [0, 0.05) is 0 Å². The quantitative estimate of drug-likeness (QED) is 0.751. The SMILES string of the molecule is CCOC(=O)NCCOc1ccc(C[C@H]2CCCC(C)[C@H]2O)cc1. The standard InChI is InChI=1S/C19H29NO4/c1-3-23-19(22)20-11-12-24-17-9-7-15(8-10-17)13-16-6-4-5-14(2)18(16)21/h7-10,14,16,18,21H,3-6,11-13H2,1-2H3,(H,20,22)/t14?,16-,18-/m1/s1. The predicted octanol–water partition coefficient (Wildman–Crippen LogP) is 3.15. The molecule has 2 N–H and O–H groups in total. The van der Waals surface area contributed by atoms with E-state index in [1.165, 1.54) is 12.0 Å². The Hall–Kier alpha value is -1.75. The van der Waals surface area contributed by atoms with Crippen LogP contribution in [0.15, 0.2) is 24.3 Å². The molecular formula is C19H29NO4. The second-order valence-corrected chi connectivity index (χ2v) is 6.50. The fourth-order valence-electron chi connectivity index (χ4n) is 3.26. The lowest BCUT2D eigenvalue weighted by Gasteiger charge is -2.32. The number of hydrogen-bond donors (Lipinski definition) is 2. The van der Waals surface area contributed by atoms with Crippen LogP contribution < -0.4 is 10.1 Å². The molecule has 0 saturated heterocycles. The van der Waals surface area contributed by atoms with Gasteiger partial charge in [-0.1, -0.05) is 25.5 Å². The summed E-state index contributed by atoms with van der Waals surface area (Å²) in [4.78, 5) is 11.1. The first-order valence-electron chi connectivity index (χ1n) is 8.90. The van der Waals surface area contributed by atoms with Crippen LogP contribution in [-0.2, 0) is 11.2 Å². The molecule has 0 radical (unpaired) electrons. The maximum Gasteiger partial charge on any atom is 0.407 e. The molecule has 1 unspecified atom stereocenters. The van der Waals surface area contributed by atoms with Crippen molar-refractivity contribution in [1.82, 2.24) is 5.32 Å². The van der Waals surface area contributed by atoms with Gasteiger partial charge in [0.2, 0.25) is 0 Å². The van der Waals surface area contributed by atoms with Crippen LogP contribution in [-0.4, -0.2) is 37.1 Å². The number of amides is 1. The zero-order chi connectivity index (χ0) is 17.4. The Morgan fingerprint density at radius 2 is 2.04 bits per heavy atom. The number of alkyl carbamates (subject to hydrolysis) is 1. The molecule has 134 valence electrons. The lowest BCUT2D eigenvalue weighted by atomic mass is 9.77. The summed E-state index contributed by atoms with van der Waals surface area (Å²) in [6.45, 7) is 5.08. The van der Waals surface area contributed by atoms with Crippen molar-refractivity contribution < 1.29 is 19.4 Å². The van der Waals surface area contributed by atoms with E-state index in [1.54, 1.807) is 6.92 Å². The zero-order valence-corrected chi connectivity index (χ0v) is 14.7. The lowest BCUT2D eigenvalue weighted by Crippen LogP contribution is -2.32. The smallest absolute Gasteiger partial charge is 0.407 e. The predicted molar refractivity (Wildman–Crippen MR) is 93.2 cm³/mol. The van der Waals surface area contributed by atoms with Gasteiger partial charge >= 0.3 is 6.09 Å². The number of aliphatic hydroxyl groups excluding tert-OH is 1. The molecule has 0 heterocycles. The molecule has 1 fully saturated rings. The van der Waals surface area contributed by atoms with Crippen molar-refractivity contribution in [2.75, 3.05) is 19.8 Å². The first kappa shape index (κ1) is 18.6. The maximum atomic E-state index is 11.1. The van der Waals surface area contributed by atoms with Gasteiger partial charge in [0.25, 0.3) is 0 Å². The minimum absolute atomic E-state index is 0.191. The lowest BCUT2D eigenvalue weighted by molar-refractivity contribution is 0.0254. The summed E-state index contributed by atoms with van der Waals surface area (Å²) in [7, 11) is 0. The molecule has 3 atom stereocenters. The van der Waals surface area contributed by atoms with Crippen LogP contribution in [0.25, 0.3) is 0 Å². The number of carbonyl (C=O) groups excluding carboxylic acids is 1. The highest BCUT2D eigenvalue weighted by molar-refractivity contribution is 5.66. The van der Waals surface area contributed by atoms with Gasteiger partial charge in [-0.25, -0.2) is 4.79 Å². The van der Waals surface area contributed by atoms with E-state index in [2.05, 4.69) is 24.4 Å². The van der Waals surface area contributed by atoms with E-state index in [-0.39, 0.29) is 6.10 Å². The van der Waals surface area contributed by atoms with Crippen LogP contribution in [0, 0.1) is 11.8 Å². The summed E-state index contributed by atoms with van der Waals surface area (Å²) in [5.74, 6) is 1.54. The zero-order valence-electron chi connectivity index (χ0n) is 14.7. The van der Waals surface area contributed by atoms with Crippen LogP contribution in [0.4, 0.5) is 4.79 Å². The molecule has 5 nitrogen and oxygen atoms in total. The molecule has 0 bridgehead atoms. The first-order valence-corrected chi connectivity index (χ1v) is 8.90. The number of ether oxygens (including phenoxy) is 2. The maximum absolute atomic E-state index is 11.1. The molecule has 1 aliphatic rings. The number of aliphatic hydroxyl groups is 1. The van der Waals surface area contributed by atoms with E-state index in [9.17, 15) is 9.90 Å². The van der Waals surface area contributed by atoms with E-state index < -0.39 is 6.09 Å². The van der Waals surface area contributed by atoms with Crippen molar-refractivity contribution in [2.24, 2.45) is 11.8 Å². The summed E-state index contributed by atoms with van der Waals surface area (Å²) in [5.41, 5.74) is 1.23. The van der Waals surface area contributed by atoms with Crippen LogP contribution in [0.2, 0.25) is 0 Å². The third-order valence-electron chi connectivity index (χ3n) is 4.64. The average Bonchev–Trinajstić information content (AvgIpc) is 2.57. The van der Waals surface area contributed by atoms with Gasteiger partial charge in [-0.2, -0.15) is 0 Å². The van der Waals surface area contributed by atoms with Gasteiger partial charge in [-0.05, 0) is 55.7 Å². The summed E-state index contributed by atoms with van der Waals surface area (Å²) < 4.78 is 10.4. The van der Waals surface area contributed by atoms with E-state index in [0.29, 0.717) is 31.6 Å². The number of carbonyl (C=O) groups is 1. The third-order valence-corrected chi connectivity index (χ3v) is 4.64. The van der Waals surface area contributed by atoms with Gasteiger partial charge in [-0.15, -0.1) is 0 Å². The van der Waals surface area contributed by atoms with Gasteiger partial charge in [0.1, 0.15) is 12.4 Å². The molecular weight excluding hydrogens is 306 g/mol. The highest BCUT2D eigenvalue weighted by atomic mass is 16.5. The molecule has 24 heavy (non-hydrogen) atoms. The van der Waals surface area contributed by atoms with Crippen molar-refractivity contribution in [3.8, 4) is 5.75 Å². The average molecular weight is 335 g/mol. The summed E-state index contributed by atoms with van der Waals surface area (Å²) >= 11 is 0. The number of benzene rings is 1. The molecule has 1 saturated carbocycles. The van der Waals surface area contributed by atoms with Crippen molar-refractivity contribution in [3.05, 3.63) is 29.8 Å². The normalized spacial score (nSPS) is 23.5. The Bertz CT molecular complexity index is 503. The topological polar surface area (TPSA) is 67.8 Å². The van der Waals surface area contributed by atoms with Gasteiger partial charge in [-0.3, -0.25) is 0 Å². The summed E-state index contributed by atoms with van der Waals surface area (Å²) in [6, 6.07) is 8.00. The number of rotatable bonds is 7. The number of hydrogen-bond acceptors (Lipinski definition) is 4. The molecule has 0 aliphatic heterocycles. The first-order chi connectivity index (χ1) is 11.6. The van der Waals surface area contributed by atoms with Gasteiger partial charge in [0.15, 0.2) is 0 Å². The molecule has 5 heteroatoms. The molecule has 1 aromatic carbocycles. The van der Waals surface area contributed by atoms with Crippen LogP contribution >= 0.6 is 0 Å². The van der Waals surface area contributed by atoms with Crippen LogP contribution in [0.3, 0.4) is 0 Å². The van der Waals surface area contributed by atoms with Crippen molar-refractivity contribution in [3.63, 3.8) is 0 Å². The van der Waals surface area contributed by atoms with E-state index in [4.69, 9.17) is 9.47 Å². The van der Waals surface area contributed by atoms with Crippen molar-refractivity contribution in [2.45, 2.75) is 45.6 Å². The van der Waals surface area contributed by atoms with Gasteiger partial charge < -0.3 is 19.9 Å². The minimum atomic E-state index is -0.420. The third kappa shape index (κ3) is 5.71. The Morgan fingerprint density at radius 1 is 1.29 bits per heavy atom. The summed E-state index contributed by atoms with van der Waals surface area (Å²) in [5, 5.41) is 12.9. The van der Waals surface area contributed by atoms with Crippen LogP contribution in [0.5, 0.6) is 5.75 Å². The second-order valence-electron chi connectivity index (χ2n) is 6.50. The fraction of sp³-hybridized carbons (Fsp3) is 0.632. The summed E-state index contributed by atoms with van der Waals surface area (Å²) in [6.07, 6.45) is 3.74. The van der Waals surface area contributed by atoms with E-state index >= 15 is 0 Å². The molecule has 0 spiro atoms. The highest BCUT2D eigenvalue weighted by Gasteiger charge is 2.28. The second kappa shape index (κ2) is 9.52. The molecule has 1 aromatic rings. The molecule has 2 rings (SSSR count). The Morgan fingerprint density at radius 3 is 2.75 bits per heavy atom. The molecule has 1 aliphatic carbocycles. The Balaban J connectivity index is 1.73. The van der Waals surface area contributed by atoms with E-state index in [0.717, 1.165) is 25.0 Å². The van der Waals surface area contributed by atoms with E-state index in [1.807, 2.05) is 12.1 Å². The molecule has 1 amide bonds. The fourth-order valence-corrected chi connectivity index (χ4v) is 3.26. The van der Waals surface area contributed by atoms with Gasteiger partial charge in [0.05, 0.1) is 19.3 Å². The minimum Gasteiger partial charge on any atom is -0.492 e. The number of nitrogens with one attached hydrogen (secondary N) is 1. The largest absolute Gasteiger partial charge is 0.492 e. The highest BCUT2D eigenvalue weighted by Crippen LogP contribution is 2.31. The van der Waals surface area contributed by atoms with Crippen molar-refractivity contribution in [1.29, 1.82) is 0 Å². The Labute approximate surface area is 144 Å².